The number of nitrogens with one attached hydrogen (secondary N) is 1. The van der Waals surface area contributed by atoms with Gasteiger partial charge in [0.1, 0.15) is 5.15 Å². The van der Waals surface area contributed by atoms with Crippen LogP contribution in [0.15, 0.2) is 17.5 Å². The van der Waals surface area contributed by atoms with Gasteiger partial charge in [0.15, 0.2) is 0 Å². The van der Waals surface area contributed by atoms with E-state index in [-0.39, 0.29) is 0 Å². The topological polar surface area (TPSA) is 28.2 Å². The molecule has 1 aliphatic heterocycles. The number of piperazine rings is 1. The number of nitrogens with zero attached hydrogens (tertiary/aromatic N) is 2. The number of halogens is 1. The minimum atomic E-state index is 0.583. The summed E-state index contributed by atoms with van der Waals surface area (Å²) in [7, 11) is 0. The van der Waals surface area contributed by atoms with Gasteiger partial charge >= 0.3 is 0 Å². The van der Waals surface area contributed by atoms with Crippen LogP contribution in [0.3, 0.4) is 0 Å². The van der Waals surface area contributed by atoms with Crippen molar-refractivity contribution in [3.63, 3.8) is 0 Å². The fourth-order valence-corrected chi connectivity index (χ4v) is 3.12. The third-order valence-electron chi connectivity index (χ3n) is 2.82. The molecule has 2 aromatic heterocycles. The molecule has 0 saturated carbocycles. The Morgan fingerprint density at radius 2 is 2.19 bits per heavy atom. The fourth-order valence-electron chi connectivity index (χ4n) is 2.05. The molecule has 3 rings (SSSR count). The predicted molar refractivity (Wildman–Crippen MR) is 69.7 cm³/mol. The number of pyridine rings is 1. The van der Waals surface area contributed by atoms with Gasteiger partial charge in [-0.15, -0.1) is 11.3 Å². The Hall–Kier alpha value is -0.840. The van der Waals surface area contributed by atoms with E-state index in [1.807, 2.05) is 12.1 Å². The highest BCUT2D eigenvalue weighted by atomic mass is 35.5. The van der Waals surface area contributed by atoms with E-state index >= 15 is 0 Å². The highest BCUT2D eigenvalue weighted by Gasteiger charge is 2.15. The molecule has 0 unspecified atom stereocenters. The van der Waals surface area contributed by atoms with Crippen molar-refractivity contribution in [1.82, 2.24) is 10.3 Å². The first kappa shape index (κ1) is 10.3. The van der Waals surface area contributed by atoms with Gasteiger partial charge in [0.25, 0.3) is 0 Å². The Balaban J connectivity index is 2.09. The van der Waals surface area contributed by atoms with Crippen LogP contribution in [-0.4, -0.2) is 31.2 Å². The highest BCUT2D eigenvalue weighted by Crippen LogP contribution is 2.32. The van der Waals surface area contributed by atoms with Gasteiger partial charge in [0.2, 0.25) is 0 Å². The van der Waals surface area contributed by atoms with Crippen molar-refractivity contribution in [2.24, 2.45) is 0 Å². The standard InChI is InChI=1S/C11H12ClN3S/c12-10-7-9(15-4-2-13-3-5-15)11-8(14-10)1-6-16-11/h1,6-7,13H,2-5H2. The number of thiophene rings is 1. The van der Waals surface area contributed by atoms with Gasteiger partial charge < -0.3 is 10.2 Å². The summed E-state index contributed by atoms with van der Waals surface area (Å²) in [5.41, 5.74) is 2.23. The molecule has 1 fully saturated rings. The molecule has 0 radical (unpaired) electrons. The molecule has 84 valence electrons. The molecule has 2 aromatic rings. The third kappa shape index (κ3) is 1.77. The van der Waals surface area contributed by atoms with E-state index in [9.17, 15) is 0 Å². The van der Waals surface area contributed by atoms with E-state index in [2.05, 4.69) is 20.6 Å². The second-order valence-electron chi connectivity index (χ2n) is 3.84. The van der Waals surface area contributed by atoms with Crippen molar-refractivity contribution in [1.29, 1.82) is 0 Å². The van der Waals surface area contributed by atoms with Gasteiger partial charge in [0, 0.05) is 32.2 Å². The predicted octanol–water partition coefficient (Wildman–Crippen LogP) is 2.36. The molecular weight excluding hydrogens is 242 g/mol. The molecule has 0 aromatic carbocycles. The molecule has 0 atom stereocenters. The zero-order chi connectivity index (χ0) is 11.0. The zero-order valence-electron chi connectivity index (χ0n) is 8.74. The van der Waals surface area contributed by atoms with Gasteiger partial charge in [-0.3, -0.25) is 0 Å². The molecule has 0 bridgehead atoms. The van der Waals surface area contributed by atoms with Crippen LogP contribution in [0.2, 0.25) is 5.15 Å². The van der Waals surface area contributed by atoms with Crippen molar-refractivity contribution >= 4 is 38.8 Å². The highest BCUT2D eigenvalue weighted by molar-refractivity contribution is 7.17. The van der Waals surface area contributed by atoms with E-state index in [4.69, 9.17) is 11.6 Å². The second kappa shape index (κ2) is 4.20. The summed E-state index contributed by atoms with van der Waals surface area (Å²) < 4.78 is 1.24. The van der Waals surface area contributed by atoms with Crippen LogP contribution in [0.5, 0.6) is 0 Å². The molecular formula is C11H12ClN3S. The second-order valence-corrected chi connectivity index (χ2v) is 5.14. The smallest absolute Gasteiger partial charge is 0.131 e. The maximum Gasteiger partial charge on any atom is 0.131 e. The van der Waals surface area contributed by atoms with E-state index in [1.165, 1.54) is 10.4 Å². The third-order valence-corrected chi connectivity index (χ3v) is 3.94. The maximum absolute atomic E-state index is 6.05. The Labute approximate surface area is 103 Å². The lowest BCUT2D eigenvalue weighted by molar-refractivity contribution is 0.590. The van der Waals surface area contributed by atoms with Gasteiger partial charge in [-0.25, -0.2) is 4.98 Å². The van der Waals surface area contributed by atoms with Crippen LogP contribution in [0.4, 0.5) is 5.69 Å². The summed E-state index contributed by atoms with van der Waals surface area (Å²) in [4.78, 5) is 6.70. The molecule has 1 N–H and O–H groups in total. The van der Waals surface area contributed by atoms with Crippen LogP contribution in [0.25, 0.3) is 10.2 Å². The van der Waals surface area contributed by atoms with Crippen LogP contribution >= 0.6 is 22.9 Å². The molecule has 3 nitrogen and oxygen atoms in total. The minimum Gasteiger partial charge on any atom is -0.368 e. The molecule has 0 spiro atoms. The zero-order valence-corrected chi connectivity index (χ0v) is 10.3. The van der Waals surface area contributed by atoms with E-state index in [0.29, 0.717) is 5.15 Å². The van der Waals surface area contributed by atoms with Crippen LogP contribution in [0, 0.1) is 0 Å². The average molecular weight is 254 g/mol. The van der Waals surface area contributed by atoms with Crippen molar-refractivity contribution < 1.29 is 0 Å². The van der Waals surface area contributed by atoms with Gasteiger partial charge in [0.05, 0.1) is 15.9 Å². The molecule has 0 amide bonds. The van der Waals surface area contributed by atoms with Crippen molar-refractivity contribution in [3.05, 3.63) is 22.7 Å². The Morgan fingerprint density at radius 3 is 3.00 bits per heavy atom. The molecule has 16 heavy (non-hydrogen) atoms. The molecule has 5 heteroatoms. The summed E-state index contributed by atoms with van der Waals surface area (Å²) in [6, 6.07) is 4.00. The van der Waals surface area contributed by atoms with Gasteiger partial charge in [-0.1, -0.05) is 11.6 Å². The van der Waals surface area contributed by atoms with Gasteiger partial charge in [-0.05, 0) is 11.4 Å². The molecule has 1 aliphatic rings. The van der Waals surface area contributed by atoms with E-state index in [1.54, 1.807) is 11.3 Å². The van der Waals surface area contributed by atoms with Crippen LogP contribution < -0.4 is 10.2 Å². The average Bonchev–Trinajstić information content (AvgIpc) is 2.77. The van der Waals surface area contributed by atoms with Crippen LogP contribution in [-0.2, 0) is 0 Å². The number of anilines is 1. The monoisotopic (exact) mass is 253 g/mol. The Kier molecular flexibility index (Phi) is 2.71. The Morgan fingerprint density at radius 1 is 1.38 bits per heavy atom. The Bertz CT molecular complexity index is 505. The SMILES string of the molecule is Clc1cc(N2CCNCC2)c2sccc2n1. The normalized spacial score (nSPS) is 16.9. The van der Waals surface area contributed by atoms with E-state index in [0.717, 1.165) is 31.7 Å². The molecule has 0 aliphatic carbocycles. The molecule has 1 saturated heterocycles. The van der Waals surface area contributed by atoms with E-state index < -0.39 is 0 Å². The summed E-state index contributed by atoms with van der Waals surface area (Å²) in [5, 5.41) is 6.01. The lowest BCUT2D eigenvalue weighted by atomic mass is 10.2. The lowest BCUT2D eigenvalue weighted by Crippen LogP contribution is -2.43. The maximum atomic E-state index is 6.05. The first-order valence-corrected chi connectivity index (χ1v) is 6.60. The van der Waals surface area contributed by atoms with Crippen molar-refractivity contribution in [2.75, 3.05) is 31.1 Å². The number of hydrogen-bond donors (Lipinski definition) is 1. The molecule has 3 heterocycles. The largest absolute Gasteiger partial charge is 0.368 e. The first-order valence-electron chi connectivity index (χ1n) is 5.34. The van der Waals surface area contributed by atoms with Crippen molar-refractivity contribution in [3.8, 4) is 0 Å². The fraction of sp³-hybridized carbons (Fsp3) is 0.364. The lowest BCUT2D eigenvalue weighted by Gasteiger charge is -2.29. The summed E-state index contributed by atoms with van der Waals surface area (Å²) >= 11 is 7.78. The summed E-state index contributed by atoms with van der Waals surface area (Å²) in [5.74, 6) is 0. The van der Waals surface area contributed by atoms with Crippen molar-refractivity contribution in [2.45, 2.75) is 0 Å². The number of aromatic nitrogens is 1. The number of hydrogen-bond acceptors (Lipinski definition) is 4. The first-order chi connectivity index (χ1) is 7.84. The van der Waals surface area contributed by atoms with Gasteiger partial charge in [-0.2, -0.15) is 0 Å². The summed E-state index contributed by atoms with van der Waals surface area (Å²) in [6.45, 7) is 4.14. The van der Waals surface area contributed by atoms with Crippen LogP contribution in [0.1, 0.15) is 0 Å². The number of fused-ring (bicyclic) bond motifs is 1. The quantitative estimate of drug-likeness (QED) is 0.791. The number of rotatable bonds is 1. The summed E-state index contributed by atoms with van der Waals surface area (Å²) in [6.07, 6.45) is 0. The minimum absolute atomic E-state index is 0.583.